The number of carbonyl (C=O) groups excluding carboxylic acids is 1. The van der Waals surface area contributed by atoms with Crippen LogP contribution in [0.3, 0.4) is 0 Å². The standard InChI is InChI=1S/C11H14N6O2S/c1-6-4-9(19-16-6)13-8(18)5-20-11-15-14-10(17(11)12)7-2-3-7/h4,7H,2-3,5,12H2,1H3,(H,13,18). The molecule has 0 aliphatic heterocycles. The molecule has 1 aliphatic rings. The van der Waals surface area contributed by atoms with Gasteiger partial charge in [0.05, 0.1) is 11.4 Å². The Morgan fingerprint density at radius 3 is 3.05 bits per heavy atom. The fraction of sp³-hybridized carbons (Fsp3) is 0.455. The van der Waals surface area contributed by atoms with E-state index in [4.69, 9.17) is 10.4 Å². The SMILES string of the molecule is Cc1cc(NC(=O)CSc2nnc(C3CC3)n2N)on1. The Morgan fingerprint density at radius 2 is 2.40 bits per heavy atom. The molecule has 2 aromatic heterocycles. The van der Waals surface area contributed by atoms with Crippen LogP contribution in [0.4, 0.5) is 5.88 Å². The van der Waals surface area contributed by atoms with Crippen molar-refractivity contribution in [1.82, 2.24) is 20.0 Å². The zero-order valence-corrected chi connectivity index (χ0v) is 11.7. The van der Waals surface area contributed by atoms with Crippen LogP contribution in [0.15, 0.2) is 15.7 Å². The molecule has 3 N–H and O–H groups in total. The molecular formula is C11H14N6O2S. The van der Waals surface area contributed by atoms with Gasteiger partial charge in [-0.25, -0.2) is 4.68 Å². The van der Waals surface area contributed by atoms with Gasteiger partial charge in [0.25, 0.3) is 0 Å². The second-order valence-corrected chi connectivity index (χ2v) is 5.60. The third kappa shape index (κ3) is 2.77. The Kier molecular flexibility index (Phi) is 3.35. The highest BCUT2D eigenvalue weighted by Gasteiger charge is 2.30. The smallest absolute Gasteiger partial charge is 0.237 e. The van der Waals surface area contributed by atoms with E-state index in [-0.39, 0.29) is 11.7 Å². The number of thioether (sulfide) groups is 1. The molecule has 0 saturated heterocycles. The number of anilines is 1. The third-order valence-corrected chi connectivity index (χ3v) is 3.80. The molecule has 0 spiro atoms. The Balaban J connectivity index is 1.55. The summed E-state index contributed by atoms with van der Waals surface area (Å²) in [6.45, 7) is 1.78. The number of carbonyl (C=O) groups is 1. The van der Waals surface area contributed by atoms with E-state index < -0.39 is 0 Å². The van der Waals surface area contributed by atoms with Crippen LogP contribution in [0.2, 0.25) is 0 Å². The predicted molar refractivity (Wildman–Crippen MR) is 72.7 cm³/mol. The van der Waals surface area contributed by atoms with Crippen molar-refractivity contribution in [2.75, 3.05) is 16.9 Å². The van der Waals surface area contributed by atoms with Crippen LogP contribution in [0.5, 0.6) is 0 Å². The summed E-state index contributed by atoms with van der Waals surface area (Å²) in [6.07, 6.45) is 2.21. The van der Waals surface area contributed by atoms with Crippen molar-refractivity contribution in [1.29, 1.82) is 0 Å². The van der Waals surface area contributed by atoms with Crippen LogP contribution < -0.4 is 11.2 Å². The van der Waals surface area contributed by atoms with Crippen molar-refractivity contribution in [3.8, 4) is 0 Å². The van der Waals surface area contributed by atoms with E-state index in [2.05, 4.69) is 20.7 Å². The molecular weight excluding hydrogens is 280 g/mol. The average Bonchev–Trinajstić information content (AvgIpc) is 3.07. The molecule has 106 valence electrons. The lowest BCUT2D eigenvalue weighted by molar-refractivity contribution is -0.113. The van der Waals surface area contributed by atoms with Crippen molar-refractivity contribution < 1.29 is 9.32 Å². The first kappa shape index (κ1) is 13.0. The summed E-state index contributed by atoms with van der Waals surface area (Å²) >= 11 is 1.24. The van der Waals surface area contributed by atoms with Gasteiger partial charge in [0.15, 0.2) is 5.82 Å². The number of amides is 1. The van der Waals surface area contributed by atoms with E-state index in [0.29, 0.717) is 22.7 Å². The van der Waals surface area contributed by atoms with Gasteiger partial charge in [-0.1, -0.05) is 16.9 Å². The lowest BCUT2D eigenvalue weighted by atomic mass is 10.4. The number of nitrogen functional groups attached to an aromatic ring is 1. The fourth-order valence-electron chi connectivity index (χ4n) is 1.73. The molecule has 1 amide bonds. The fourth-order valence-corrected chi connectivity index (χ4v) is 2.40. The Bertz CT molecular complexity index is 633. The summed E-state index contributed by atoms with van der Waals surface area (Å²) in [5.41, 5.74) is 0.712. The minimum Gasteiger partial charge on any atom is -0.338 e. The minimum atomic E-state index is -0.206. The summed E-state index contributed by atoms with van der Waals surface area (Å²) in [7, 11) is 0. The molecule has 1 saturated carbocycles. The first-order chi connectivity index (χ1) is 9.63. The average molecular weight is 294 g/mol. The molecule has 2 aromatic rings. The van der Waals surface area contributed by atoms with Crippen LogP contribution in [-0.4, -0.2) is 31.7 Å². The lowest BCUT2D eigenvalue weighted by Gasteiger charge is -2.02. The van der Waals surface area contributed by atoms with Crippen LogP contribution in [0, 0.1) is 6.92 Å². The number of hydrogen-bond donors (Lipinski definition) is 2. The van der Waals surface area contributed by atoms with Crippen molar-refractivity contribution >= 4 is 23.6 Å². The zero-order chi connectivity index (χ0) is 14.1. The minimum absolute atomic E-state index is 0.180. The van der Waals surface area contributed by atoms with Gasteiger partial charge in [-0.2, -0.15) is 0 Å². The van der Waals surface area contributed by atoms with E-state index >= 15 is 0 Å². The molecule has 9 heteroatoms. The summed E-state index contributed by atoms with van der Waals surface area (Å²) in [6, 6.07) is 1.65. The van der Waals surface area contributed by atoms with Gasteiger partial charge in [-0.3, -0.25) is 10.1 Å². The van der Waals surface area contributed by atoms with Gasteiger partial charge < -0.3 is 10.4 Å². The first-order valence-corrected chi connectivity index (χ1v) is 7.18. The summed E-state index contributed by atoms with van der Waals surface area (Å²) in [5, 5.41) is 14.9. The number of nitrogens with two attached hydrogens (primary N) is 1. The number of aromatic nitrogens is 4. The van der Waals surface area contributed by atoms with Gasteiger partial charge in [0, 0.05) is 12.0 Å². The number of nitrogens with zero attached hydrogens (tertiary/aromatic N) is 4. The molecule has 1 aliphatic carbocycles. The topological polar surface area (TPSA) is 112 Å². The van der Waals surface area contributed by atoms with E-state index in [9.17, 15) is 4.79 Å². The maximum Gasteiger partial charge on any atom is 0.237 e. The van der Waals surface area contributed by atoms with Crippen LogP contribution in [0.1, 0.15) is 30.3 Å². The summed E-state index contributed by atoms with van der Waals surface area (Å²) in [5.74, 6) is 7.42. The highest BCUT2D eigenvalue weighted by atomic mass is 32.2. The van der Waals surface area contributed by atoms with Crippen LogP contribution >= 0.6 is 11.8 Å². The maximum atomic E-state index is 11.7. The third-order valence-electron chi connectivity index (χ3n) is 2.86. The molecule has 20 heavy (non-hydrogen) atoms. The van der Waals surface area contributed by atoms with E-state index in [1.807, 2.05) is 0 Å². The Morgan fingerprint density at radius 1 is 1.60 bits per heavy atom. The quantitative estimate of drug-likeness (QED) is 0.622. The summed E-state index contributed by atoms with van der Waals surface area (Å²) < 4.78 is 6.37. The molecule has 0 unspecified atom stereocenters. The highest BCUT2D eigenvalue weighted by Crippen LogP contribution is 2.39. The molecule has 3 rings (SSSR count). The first-order valence-electron chi connectivity index (χ1n) is 6.20. The molecule has 8 nitrogen and oxygen atoms in total. The molecule has 1 fully saturated rings. The molecule has 0 bridgehead atoms. The van der Waals surface area contributed by atoms with Crippen molar-refractivity contribution in [3.63, 3.8) is 0 Å². The van der Waals surface area contributed by atoms with Crippen molar-refractivity contribution in [3.05, 3.63) is 17.6 Å². The predicted octanol–water partition coefficient (Wildman–Crippen LogP) is 0.897. The van der Waals surface area contributed by atoms with Gasteiger partial charge in [-0.05, 0) is 19.8 Å². The van der Waals surface area contributed by atoms with Gasteiger partial charge >= 0.3 is 0 Å². The highest BCUT2D eigenvalue weighted by molar-refractivity contribution is 7.99. The van der Waals surface area contributed by atoms with Gasteiger partial charge in [0.2, 0.25) is 16.9 Å². The summed E-state index contributed by atoms with van der Waals surface area (Å²) in [4.78, 5) is 11.7. The van der Waals surface area contributed by atoms with Crippen LogP contribution in [-0.2, 0) is 4.79 Å². The van der Waals surface area contributed by atoms with Crippen molar-refractivity contribution in [2.45, 2.75) is 30.8 Å². The zero-order valence-electron chi connectivity index (χ0n) is 10.9. The van der Waals surface area contributed by atoms with Crippen molar-refractivity contribution in [2.24, 2.45) is 0 Å². The molecule has 2 heterocycles. The largest absolute Gasteiger partial charge is 0.338 e. The monoisotopic (exact) mass is 294 g/mol. The molecule has 0 radical (unpaired) electrons. The number of hydrogen-bond acceptors (Lipinski definition) is 7. The Hall–Kier alpha value is -2.03. The second-order valence-electron chi connectivity index (χ2n) is 4.65. The number of rotatable bonds is 5. The van der Waals surface area contributed by atoms with Gasteiger partial charge in [0.1, 0.15) is 0 Å². The molecule has 0 aromatic carbocycles. The molecule has 0 atom stereocenters. The number of aryl methyl sites for hydroxylation is 1. The van der Waals surface area contributed by atoms with E-state index in [1.54, 1.807) is 13.0 Å². The lowest BCUT2D eigenvalue weighted by Crippen LogP contribution is -2.16. The van der Waals surface area contributed by atoms with Crippen LogP contribution in [0.25, 0.3) is 0 Å². The van der Waals surface area contributed by atoms with E-state index in [0.717, 1.165) is 18.7 Å². The normalized spacial score (nSPS) is 14.4. The number of nitrogens with one attached hydrogen (secondary N) is 1. The maximum absolute atomic E-state index is 11.7. The van der Waals surface area contributed by atoms with Gasteiger partial charge in [-0.15, -0.1) is 10.2 Å². The second kappa shape index (κ2) is 5.16. The van der Waals surface area contributed by atoms with E-state index in [1.165, 1.54) is 16.4 Å². The Labute approximate surface area is 119 Å².